The van der Waals surface area contributed by atoms with Crippen LogP contribution in [0.5, 0.6) is 0 Å². The molecule has 1 aliphatic carbocycles. The normalized spacial score (nSPS) is 20.2. The van der Waals surface area contributed by atoms with Gasteiger partial charge in [0.15, 0.2) is 0 Å². The van der Waals surface area contributed by atoms with Crippen LogP contribution in [-0.2, 0) is 0 Å². The van der Waals surface area contributed by atoms with Crippen molar-refractivity contribution >= 4 is 17.7 Å². The van der Waals surface area contributed by atoms with E-state index in [-0.39, 0.29) is 0 Å². The lowest BCUT2D eigenvalue weighted by atomic mass is 9.73. The Labute approximate surface area is 142 Å². The second kappa shape index (κ2) is 8.15. The molecular formula is C23H30. The van der Waals surface area contributed by atoms with Crippen molar-refractivity contribution in [3.8, 4) is 0 Å². The Balaban J connectivity index is 2.24. The fraction of sp³-hybridized carbons (Fsp3) is 0.391. The minimum atomic E-state index is 0.364. The molecule has 1 unspecified atom stereocenters. The molecule has 23 heavy (non-hydrogen) atoms. The molecule has 1 aromatic rings. The Kier molecular flexibility index (Phi) is 6.21. The Morgan fingerprint density at radius 3 is 2.52 bits per heavy atom. The summed E-state index contributed by atoms with van der Waals surface area (Å²) >= 11 is 0. The predicted molar refractivity (Wildman–Crippen MR) is 105 cm³/mol. The van der Waals surface area contributed by atoms with Crippen LogP contribution in [0.2, 0.25) is 0 Å². The lowest BCUT2D eigenvalue weighted by Gasteiger charge is -2.32. The van der Waals surface area contributed by atoms with Crippen LogP contribution in [0.3, 0.4) is 0 Å². The second-order valence-electron chi connectivity index (χ2n) is 6.59. The zero-order valence-electron chi connectivity index (χ0n) is 14.8. The zero-order chi connectivity index (χ0) is 16.7. The lowest BCUT2D eigenvalue weighted by molar-refractivity contribution is 0.325. The van der Waals surface area contributed by atoms with Crippen LogP contribution in [0.15, 0.2) is 49.6 Å². The first kappa shape index (κ1) is 17.5. The summed E-state index contributed by atoms with van der Waals surface area (Å²) in [7, 11) is 0. The highest BCUT2D eigenvalue weighted by molar-refractivity contribution is 5.83. The smallest absolute Gasteiger partial charge is 0.00827 e. The summed E-state index contributed by atoms with van der Waals surface area (Å²) < 4.78 is 0. The maximum absolute atomic E-state index is 3.99. The van der Waals surface area contributed by atoms with Crippen LogP contribution in [0, 0.1) is 5.41 Å². The van der Waals surface area contributed by atoms with Crippen molar-refractivity contribution in [1.29, 1.82) is 0 Å². The van der Waals surface area contributed by atoms with E-state index in [0.29, 0.717) is 5.41 Å². The van der Waals surface area contributed by atoms with E-state index in [1.54, 1.807) is 0 Å². The molecule has 0 amide bonds. The molecule has 2 rings (SSSR count). The van der Waals surface area contributed by atoms with E-state index in [1.807, 2.05) is 12.2 Å². The molecule has 0 saturated carbocycles. The summed E-state index contributed by atoms with van der Waals surface area (Å²) in [5, 5.41) is 0. The van der Waals surface area contributed by atoms with Gasteiger partial charge in [0.25, 0.3) is 0 Å². The molecule has 0 radical (unpaired) electrons. The molecular weight excluding hydrogens is 276 g/mol. The van der Waals surface area contributed by atoms with Gasteiger partial charge < -0.3 is 0 Å². The van der Waals surface area contributed by atoms with Crippen molar-refractivity contribution in [3.63, 3.8) is 0 Å². The van der Waals surface area contributed by atoms with Gasteiger partial charge >= 0.3 is 0 Å². The molecule has 0 fully saturated rings. The molecule has 0 nitrogen and oxygen atoms in total. The SMILES string of the molecule is C=Cc1cccc(C2=CCC(CC)(CCCCC)C=C2)c1C=C. The Morgan fingerprint density at radius 2 is 1.96 bits per heavy atom. The Hall–Kier alpha value is -1.82. The third-order valence-electron chi connectivity index (χ3n) is 5.20. The molecule has 0 N–H and O–H groups in total. The molecule has 0 heterocycles. The fourth-order valence-electron chi connectivity index (χ4n) is 3.51. The van der Waals surface area contributed by atoms with E-state index >= 15 is 0 Å². The average Bonchev–Trinajstić information content (AvgIpc) is 2.61. The molecule has 1 atom stereocenters. The predicted octanol–water partition coefficient (Wildman–Crippen LogP) is 7.29. The van der Waals surface area contributed by atoms with Gasteiger partial charge in [-0.1, -0.05) is 94.8 Å². The molecule has 0 saturated heterocycles. The monoisotopic (exact) mass is 306 g/mol. The third-order valence-corrected chi connectivity index (χ3v) is 5.20. The zero-order valence-corrected chi connectivity index (χ0v) is 14.8. The first-order chi connectivity index (χ1) is 11.2. The highest BCUT2D eigenvalue weighted by Gasteiger charge is 2.26. The van der Waals surface area contributed by atoms with E-state index in [1.165, 1.54) is 48.8 Å². The van der Waals surface area contributed by atoms with Crippen molar-refractivity contribution in [2.24, 2.45) is 5.41 Å². The van der Waals surface area contributed by atoms with Crippen LogP contribution in [-0.4, -0.2) is 0 Å². The molecule has 122 valence electrons. The number of unbranched alkanes of at least 4 members (excludes halogenated alkanes) is 2. The van der Waals surface area contributed by atoms with Crippen molar-refractivity contribution in [2.75, 3.05) is 0 Å². The molecule has 0 heteroatoms. The second-order valence-corrected chi connectivity index (χ2v) is 6.59. The highest BCUT2D eigenvalue weighted by atomic mass is 14.3. The van der Waals surface area contributed by atoms with Crippen molar-refractivity contribution < 1.29 is 0 Å². The molecule has 0 bridgehead atoms. The maximum atomic E-state index is 3.99. The van der Waals surface area contributed by atoms with E-state index in [2.05, 4.69) is 63.4 Å². The quantitative estimate of drug-likeness (QED) is 0.442. The van der Waals surface area contributed by atoms with Gasteiger partial charge in [0, 0.05) is 0 Å². The maximum Gasteiger partial charge on any atom is -0.00827 e. The summed E-state index contributed by atoms with van der Waals surface area (Å²) in [4.78, 5) is 0. The molecule has 1 aromatic carbocycles. The number of hydrogen-bond acceptors (Lipinski definition) is 0. The van der Waals surface area contributed by atoms with Crippen molar-refractivity contribution in [1.82, 2.24) is 0 Å². The first-order valence-corrected chi connectivity index (χ1v) is 8.97. The van der Waals surface area contributed by atoms with Gasteiger partial charge in [-0.15, -0.1) is 0 Å². The van der Waals surface area contributed by atoms with Gasteiger partial charge in [0.1, 0.15) is 0 Å². The van der Waals surface area contributed by atoms with Gasteiger partial charge in [0.2, 0.25) is 0 Å². The minimum Gasteiger partial charge on any atom is -0.0984 e. The minimum absolute atomic E-state index is 0.364. The van der Waals surface area contributed by atoms with E-state index in [0.717, 1.165) is 12.0 Å². The van der Waals surface area contributed by atoms with E-state index < -0.39 is 0 Å². The third kappa shape index (κ3) is 3.93. The Morgan fingerprint density at radius 1 is 1.13 bits per heavy atom. The van der Waals surface area contributed by atoms with E-state index in [4.69, 9.17) is 0 Å². The summed E-state index contributed by atoms with van der Waals surface area (Å²) in [6.07, 6.45) is 18.7. The lowest BCUT2D eigenvalue weighted by Crippen LogP contribution is -2.18. The van der Waals surface area contributed by atoms with E-state index in [9.17, 15) is 0 Å². The number of benzene rings is 1. The van der Waals surface area contributed by atoms with Crippen LogP contribution in [0.1, 0.15) is 69.1 Å². The number of allylic oxidation sites excluding steroid dienone is 4. The molecule has 0 aromatic heterocycles. The van der Waals surface area contributed by atoms with Crippen LogP contribution in [0.25, 0.3) is 17.7 Å². The van der Waals surface area contributed by atoms with Gasteiger partial charge in [-0.25, -0.2) is 0 Å². The number of hydrogen-bond donors (Lipinski definition) is 0. The van der Waals surface area contributed by atoms with Crippen LogP contribution >= 0.6 is 0 Å². The van der Waals surface area contributed by atoms with Gasteiger partial charge in [-0.3, -0.25) is 0 Å². The molecule has 1 aliphatic rings. The molecule has 0 aliphatic heterocycles. The van der Waals surface area contributed by atoms with Gasteiger partial charge in [-0.2, -0.15) is 0 Å². The average molecular weight is 306 g/mol. The van der Waals surface area contributed by atoms with Gasteiger partial charge in [0.05, 0.1) is 0 Å². The van der Waals surface area contributed by atoms with Crippen LogP contribution in [0.4, 0.5) is 0 Å². The number of rotatable bonds is 8. The summed E-state index contributed by atoms with van der Waals surface area (Å²) in [6, 6.07) is 6.40. The molecule has 0 spiro atoms. The van der Waals surface area contributed by atoms with Gasteiger partial charge in [-0.05, 0) is 46.9 Å². The largest absolute Gasteiger partial charge is 0.0984 e. The fourth-order valence-corrected chi connectivity index (χ4v) is 3.51. The standard InChI is InChI=1S/C23H30/c1-5-9-10-16-23(8-4)17-14-20(15-18-23)22-13-11-12-19(6-2)21(22)7-3/h6-7,11-15,17H,2-3,5,8-10,16,18H2,1,4H3. The summed E-state index contributed by atoms with van der Waals surface area (Å²) in [5.74, 6) is 0. The Bertz CT molecular complexity index is 615. The highest BCUT2D eigenvalue weighted by Crippen LogP contribution is 2.41. The first-order valence-electron chi connectivity index (χ1n) is 8.97. The topological polar surface area (TPSA) is 0 Å². The summed E-state index contributed by atoms with van der Waals surface area (Å²) in [5.41, 5.74) is 5.30. The summed E-state index contributed by atoms with van der Waals surface area (Å²) in [6.45, 7) is 12.5. The van der Waals surface area contributed by atoms with Crippen LogP contribution < -0.4 is 0 Å². The van der Waals surface area contributed by atoms with Crippen molar-refractivity contribution in [2.45, 2.75) is 52.4 Å². The van der Waals surface area contributed by atoms with Crippen molar-refractivity contribution in [3.05, 3.63) is 66.3 Å².